The second-order valence-corrected chi connectivity index (χ2v) is 4.70. The van der Waals surface area contributed by atoms with Gasteiger partial charge in [-0.15, -0.1) is 0 Å². The first-order valence-electron chi connectivity index (χ1n) is 5.67. The summed E-state index contributed by atoms with van der Waals surface area (Å²) in [5, 5.41) is 0.498. The van der Waals surface area contributed by atoms with Gasteiger partial charge in [-0.05, 0) is 36.8 Å². The first-order valence-corrected chi connectivity index (χ1v) is 6.08. The summed E-state index contributed by atoms with van der Waals surface area (Å²) in [6.07, 6.45) is 0. The van der Waals surface area contributed by atoms with E-state index in [2.05, 4.69) is 15.0 Å². The van der Waals surface area contributed by atoms with Gasteiger partial charge in [0.2, 0.25) is 0 Å². The van der Waals surface area contributed by atoms with Crippen molar-refractivity contribution >= 4 is 23.3 Å². The molecule has 3 aromatic rings. The van der Waals surface area contributed by atoms with Crippen LogP contribution < -0.4 is 5.56 Å². The molecular weight excluding hydrogens is 265 g/mol. The fraction of sp³-hybridized carbons (Fsp3) is 0.0769. The van der Waals surface area contributed by atoms with E-state index in [0.29, 0.717) is 11.0 Å². The van der Waals surface area contributed by atoms with Gasteiger partial charge in [0.15, 0.2) is 4.77 Å². The summed E-state index contributed by atoms with van der Waals surface area (Å²) in [6.45, 7) is 1.86. The molecule has 3 rings (SSSR count). The minimum Gasteiger partial charge on any atom is -0.344 e. The SMILES string of the molecule is Cc1[nH]c2[nH]c(=S)[nH]c(=O)c2c1-c1ccc(F)cc1. The summed E-state index contributed by atoms with van der Waals surface area (Å²) in [5.41, 5.74) is 2.67. The van der Waals surface area contributed by atoms with E-state index in [4.69, 9.17) is 12.2 Å². The number of halogens is 1. The standard InChI is InChI=1S/C13H10FN3OS/c1-6-9(7-2-4-8(14)5-3-7)10-11(15-6)16-13(19)17-12(10)18/h2-5H,1H3,(H3,15,16,17,18,19). The molecule has 0 saturated heterocycles. The lowest BCUT2D eigenvalue weighted by Crippen LogP contribution is -2.07. The molecule has 0 amide bonds. The molecule has 0 aliphatic rings. The van der Waals surface area contributed by atoms with E-state index in [-0.39, 0.29) is 16.1 Å². The number of aromatic amines is 3. The zero-order valence-electron chi connectivity index (χ0n) is 10.0. The molecule has 0 fully saturated rings. The Bertz CT molecular complexity index is 874. The maximum absolute atomic E-state index is 13.0. The van der Waals surface area contributed by atoms with Crippen LogP contribution in [-0.4, -0.2) is 15.0 Å². The third-order valence-corrected chi connectivity index (χ3v) is 3.22. The summed E-state index contributed by atoms with van der Waals surface area (Å²) in [6, 6.07) is 6.03. The molecule has 0 aliphatic carbocycles. The van der Waals surface area contributed by atoms with Crippen LogP contribution >= 0.6 is 12.2 Å². The molecule has 19 heavy (non-hydrogen) atoms. The summed E-state index contributed by atoms with van der Waals surface area (Å²) in [5.74, 6) is -0.311. The van der Waals surface area contributed by atoms with Crippen LogP contribution in [-0.2, 0) is 0 Å². The number of aryl methyl sites for hydroxylation is 1. The van der Waals surface area contributed by atoms with Crippen molar-refractivity contribution in [3.63, 3.8) is 0 Å². The van der Waals surface area contributed by atoms with Gasteiger partial charge in [-0.3, -0.25) is 9.78 Å². The average molecular weight is 275 g/mol. The predicted molar refractivity (Wildman–Crippen MR) is 74.2 cm³/mol. The average Bonchev–Trinajstić information content (AvgIpc) is 2.66. The Balaban J connectivity index is 2.41. The van der Waals surface area contributed by atoms with Crippen molar-refractivity contribution in [2.75, 3.05) is 0 Å². The maximum atomic E-state index is 13.0. The van der Waals surface area contributed by atoms with Crippen LogP contribution in [0.2, 0.25) is 0 Å². The van der Waals surface area contributed by atoms with E-state index < -0.39 is 0 Å². The van der Waals surface area contributed by atoms with Crippen molar-refractivity contribution in [1.82, 2.24) is 15.0 Å². The molecule has 0 aliphatic heterocycles. The smallest absolute Gasteiger partial charge is 0.261 e. The molecule has 1 aromatic carbocycles. The fourth-order valence-corrected chi connectivity index (χ4v) is 2.43. The predicted octanol–water partition coefficient (Wildman–Crippen LogP) is 3.03. The van der Waals surface area contributed by atoms with Crippen molar-refractivity contribution in [3.05, 3.63) is 50.9 Å². The highest BCUT2D eigenvalue weighted by Crippen LogP contribution is 2.28. The first-order chi connectivity index (χ1) is 9.06. The Morgan fingerprint density at radius 3 is 2.47 bits per heavy atom. The minimum absolute atomic E-state index is 0.262. The maximum Gasteiger partial charge on any atom is 0.261 e. The van der Waals surface area contributed by atoms with Gasteiger partial charge < -0.3 is 9.97 Å². The first kappa shape index (κ1) is 11.9. The van der Waals surface area contributed by atoms with Crippen LogP contribution in [0.1, 0.15) is 5.69 Å². The van der Waals surface area contributed by atoms with Gasteiger partial charge >= 0.3 is 0 Å². The van der Waals surface area contributed by atoms with Crippen molar-refractivity contribution in [3.8, 4) is 11.1 Å². The summed E-state index contributed by atoms with van der Waals surface area (Å²) < 4.78 is 13.2. The van der Waals surface area contributed by atoms with Gasteiger partial charge in [-0.1, -0.05) is 12.1 Å². The monoisotopic (exact) mass is 275 g/mol. The van der Waals surface area contributed by atoms with Gasteiger partial charge in [-0.25, -0.2) is 4.39 Å². The van der Waals surface area contributed by atoms with E-state index in [0.717, 1.165) is 16.8 Å². The van der Waals surface area contributed by atoms with Crippen LogP contribution in [0.25, 0.3) is 22.2 Å². The molecule has 96 valence electrons. The highest BCUT2D eigenvalue weighted by molar-refractivity contribution is 7.71. The van der Waals surface area contributed by atoms with Gasteiger partial charge in [0.05, 0.1) is 5.39 Å². The number of benzene rings is 1. The third kappa shape index (κ3) is 1.90. The van der Waals surface area contributed by atoms with E-state index in [1.165, 1.54) is 12.1 Å². The zero-order chi connectivity index (χ0) is 13.6. The summed E-state index contributed by atoms with van der Waals surface area (Å²) in [4.78, 5) is 20.6. The number of hydrogen-bond acceptors (Lipinski definition) is 2. The van der Waals surface area contributed by atoms with Crippen LogP contribution in [0.15, 0.2) is 29.1 Å². The Morgan fingerprint density at radius 2 is 1.79 bits per heavy atom. The quantitative estimate of drug-likeness (QED) is 0.598. The second kappa shape index (κ2) is 4.17. The molecule has 0 radical (unpaired) electrons. The molecule has 0 spiro atoms. The molecular formula is C13H10FN3OS. The molecule has 3 N–H and O–H groups in total. The second-order valence-electron chi connectivity index (χ2n) is 4.29. The topological polar surface area (TPSA) is 64.4 Å². The lowest BCUT2D eigenvalue weighted by atomic mass is 10.0. The molecule has 0 atom stereocenters. The van der Waals surface area contributed by atoms with Crippen molar-refractivity contribution in [2.45, 2.75) is 6.92 Å². The number of nitrogens with one attached hydrogen (secondary N) is 3. The largest absolute Gasteiger partial charge is 0.344 e. The van der Waals surface area contributed by atoms with Crippen molar-refractivity contribution in [2.24, 2.45) is 0 Å². The van der Waals surface area contributed by atoms with Crippen molar-refractivity contribution < 1.29 is 4.39 Å². The van der Waals surface area contributed by atoms with Crippen LogP contribution in [0.5, 0.6) is 0 Å². The fourth-order valence-electron chi connectivity index (χ4n) is 2.23. The van der Waals surface area contributed by atoms with Crippen LogP contribution in [0, 0.1) is 17.5 Å². The number of hydrogen-bond donors (Lipinski definition) is 3. The van der Waals surface area contributed by atoms with Crippen molar-refractivity contribution in [1.29, 1.82) is 0 Å². The molecule has 4 nitrogen and oxygen atoms in total. The number of fused-ring (bicyclic) bond motifs is 1. The van der Waals surface area contributed by atoms with Gasteiger partial charge in [0.1, 0.15) is 11.5 Å². The third-order valence-electron chi connectivity index (χ3n) is 3.01. The molecule has 0 saturated carbocycles. The zero-order valence-corrected chi connectivity index (χ0v) is 10.8. The number of aromatic nitrogens is 3. The highest BCUT2D eigenvalue weighted by atomic mass is 32.1. The molecule has 2 heterocycles. The molecule has 0 unspecified atom stereocenters. The van der Waals surface area contributed by atoms with E-state index in [1.807, 2.05) is 6.92 Å². The minimum atomic E-state index is -0.311. The van der Waals surface area contributed by atoms with Crippen LogP contribution in [0.3, 0.4) is 0 Å². The molecule has 0 bridgehead atoms. The Labute approximate surface area is 112 Å². The van der Waals surface area contributed by atoms with Gasteiger partial charge in [0, 0.05) is 11.3 Å². The normalized spacial score (nSPS) is 11.1. The van der Waals surface area contributed by atoms with Gasteiger partial charge in [0.25, 0.3) is 5.56 Å². The Hall–Kier alpha value is -2.21. The summed E-state index contributed by atoms with van der Waals surface area (Å²) in [7, 11) is 0. The van der Waals surface area contributed by atoms with Gasteiger partial charge in [-0.2, -0.15) is 0 Å². The summed E-state index contributed by atoms with van der Waals surface area (Å²) >= 11 is 4.93. The number of H-pyrrole nitrogens is 3. The molecule has 6 heteroatoms. The lowest BCUT2D eigenvalue weighted by Gasteiger charge is -2.01. The van der Waals surface area contributed by atoms with E-state index >= 15 is 0 Å². The Kier molecular flexibility index (Phi) is 2.60. The van der Waals surface area contributed by atoms with E-state index in [9.17, 15) is 9.18 Å². The molecule has 2 aromatic heterocycles. The highest BCUT2D eigenvalue weighted by Gasteiger charge is 2.14. The van der Waals surface area contributed by atoms with Crippen LogP contribution in [0.4, 0.5) is 4.39 Å². The Morgan fingerprint density at radius 1 is 1.11 bits per heavy atom. The lowest BCUT2D eigenvalue weighted by molar-refractivity contribution is 0.628. The number of rotatable bonds is 1. The van der Waals surface area contributed by atoms with E-state index in [1.54, 1.807) is 12.1 Å².